The van der Waals surface area contributed by atoms with E-state index in [9.17, 15) is 9.59 Å². The van der Waals surface area contributed by atoms with Gasteiger partial charge in [-0.15, -0.1) is 0 Å². The molecule has 10 heteroatoms. The predicted octanol–water partition coefficient (Wildman–Crippen LogP) is 4.15. The van der Waals surface area contributed by atoms with Crippen LogP contribution in [-0.4, -0.2) is 34.9 Å². The summed E-state index contributed by atoms with van der Waals surface area (Å²) >= 11 is 0. The smallest absolute Gasteiger partial charge is 0.267 e. The molecule has 4 aromatic heterocycles. The summed E-state index contributed by atoms with van der Waals surface area (Å²) in [6.07, 6.45) is 6.98. The van der Waals surface area contributed by atoms with Crippen molar-refractivity contribution in [1.29, 1.82) is 0 Å². The number of fused-ring (bicyclic) bond motifs is 2. The van der Waals surface area contributed by atoms with Crippen LogP contribution in [0.2, 0.25) is 0 Å². The predicted molar refractivity (Wildman–Crippen MR) is 151 cm³/mol. The van der Waals surface area contributed by atoms with Crippen molar-refractivity contribution in [3.05, 3.63) is 118 Å². The summed E-state index contributed by atoms with van der Waals surface area (Å²) in [5.41, 5.74) is 3.40. The molecule has 1 N–H and O–H groups in total. The normalized spacial score (nSPS) is 12.1. The van der Waals surface area contributed by atoms with E-state index in [2.05, 4.69) is 20.5 Å². The van der Waals surface area contributed by atoms with Crippen molar-refractivity contribution in [2.45, 2.75) is 26.5 Å². The van der Waals surface area contributed by atoms with Gasteiger partial charge in [0.25, 0.3) is 11.5 Å². The summed E-state index contributed by atoms with van der Waals surface area (Å²) < 4.78 is 11.0. The Bertz CT molecular complexity index is 1920. The lowest BCUT2D eigenvalue weighted by Gasteiger charge is -2.21. The molecule has 40 heavy (non-hydrogen) atoms. The van der Waals surface area contributed by atoms with Crippen LogP contribution in [0.15, 0.2) is 90.2 Å². The van der Waals surface area contributed by atoms with Gasteiger partial charge in [0.1, 0.15) is 17.9 Å². The highest BCUT2D eigenvalue weighted by molar-refractivity contribution is 6.01. The summed E-state index contributed by atoms with van der Waals surface area (Å²) in [5.74, 6) is 0.159. The summed E-state index contributed by atoms with van der Waals surface area (Å²) in [7, 11) is 1.84. The van der Waals surface area contributed by atoms with Crippen molar-refractivity contribution < 1.29 is 9.53 Å². The van der Waals surface area contributed by atoms with Gasteiger partial charge in [0.2, 0.25) is 0 Å². The van der Waals surface area contributed by atoms with Gasteiger partial charge in [-0.25, -0.2) is 9.50 Å². The van der Waals surface area contributed by atoms with Crippen LogP contribution in [0.25, 0.3) is 22.1 Å². The Kier molecular flexibility index (Phi) is 6.35. The third-order valence-electron chi connectivity index (χ3n) is 6.79. The highest BCUT2D eigenvalue weighted by atomic mass is 16.5. The molecule has 0 spiro atoms. The van der Waals surface area contributed by atoms with Crippen LogP contribution in [0.3, 0.4) is 0 Å². The summed E-state index contributed by atoms with van der Waals surface area (Å²) in [4.78, 5) is 32.0. The highest BCUT2D eigenvalue weighted by Gasteiger charge is 2.23. The number of benzene rings is 2. The Hall–Kier alpha value is -5.25. The molecule has 0 saturated carbocycles. The Balaban J connectivity index is 1.43. The zero-order valence-corrected chi connectivity index (χ0v) is 22.3. The Labute approximate surface area is 229 Å². The molecule has 1 atom stereocenters. The quantitative estimate of drug-likeness (QED) is 0.330. The first-order chi connectivity index (χ1) is 19.4. The average Bonchev–Trinajstić information content (AvgIpc) is 3.53. The molecule has 0 fully saturated rings. The summed E-state index contributed by atoms with van der Waals surface area (Å²) in [6.45, 7) is 3.91. The SMILES string of the molecule is Cc1nn2cccnc2c1C(=O)N[C@@H](C)c1cc2cccc(OCc3cnn(C)c3)c2c(=O)n1-c1ccccc1. The Morgan fingerprint density at radius 1 is 1.10 bits per heavy atom. The molecule has 10 nitrogen and oxygen atoms in total. The minimum absolute atomic E-state index is 0.240. The van der Waals surface area contributed by atoms with E-state index in [-0.39, 0.29) is 18.1 Å². The number of carbonyl (C=O) groups excluding carboxylic acids is 1. The fraction of sp³-hybridized carbons (Fsp3) is 0.167. The molecule has 0 saturated heterocycles. The number of aromatic nitrogens is 6. The minimum Gasteiger partial charge on any atom is -0.488 e. The lowest BCUT2D eigenvalue weighted by Crippen LogP contribution is -2.32. The molecule has 1 amide bonds. The van der Waals surface area contributed by atoms with E-state index in [1.807, 2.05) is 68.7 Å². The molecule has 0 aliphatic heterocycles. The van der Waals surface area contributed by atoms with Crippen molar-refractivity contribution in [2.24, 2.45) is 7.05 Å². The number of carbonyl (C=O) groups is 1. The molecule has 0 bridgehead atoms. The van der Waals surface area contributed by atoms with E-state index in [1.165, 1.54) is 0 Å². The molecule has 0 aliphatic rings. The van der Waals surface area contributed by atoms with Gasteiger partial charge in [-0.2, -0.15) is 10.2 Å². The van der Waals surface area contributed by atoms with Crippen LogP contribution >= 0.6 is 0 Å². The molecular weight excluding hydrogens is 506 g/mol. The second-order valence-electron chi connectivity index (χ2n) is 9.62. The maximum absolute atomic E-state index is 14.2. The number of ether oxygens (including phenoxy) is 1. The number of para-hydroxylation sites is 1. The molecule has 0 unspecified atom stereocenters. The van der Waals surface area contributed by atoms with Gasteiger partial charge in [-0.3, -0.25) is 18.8 Å². The van der Waals surface area contributed by atoms with Gasteiger partial charge in [0.15, 0.2) is 5.65 Å². The second-order valence-corrected chi connectivity index (χ2v) is 9.62. The van der Waals surface area contributed by atoms with Crippen LogP contribution < -0.4 is 15.6 Å². The van der Waals surface area contributed by atoms with Crippen LogP contribution in [0.1, 0.15) is 40.3 Å². The number of pyridine rings is 1. The molecule has 200 valence electrons. The lowest BCUT2D eigenvalue weighted by atomic mass is 10.1. The summed E-state index contributed by atoms with van der Waals surface area (Å²) in [5, 5.41) is 12.8. The summed E-state index contributed by atoms with van der Waals surface area (Å²) in [6, 6.07) is 18.0. The minimum atomic E-state index is -0.525. The van der Waals surface area contributed by atoms with E-state index in [1.54, 1.807) is 51.4 Å². The first-order valence-electron chi connectivity index (χ1n) is 12.9. The van der Waals surface area contributed by atoms with Crippen molar-refractivity contribution in [3.8, 4) is 11.4 Å². The fourth-order valence-electron chi connectivity index (χ4n) is 4.95. The van der Waals surface area contributed by atoms with E-state index >= 15 is 0 Å². The molecule has 0 radical (unpaired) electrons. The van der Waals surface area contributed by atoms with E-state index < -0.39 is 6.04 Å². The van der Waals surface area contributed by atoms with E-state index in [0.29, 0.717) is 44.8 Å². The van der Waals surface area contributed by atoms with Gasteiger partial charge < -0.3 is 10.1 Å². The van der Waals surface area contributed by atoms with Gasteiger partial charge in [0.05, 0.1) is 23.3 Å². The van der Waals surface area contributed by atoms with Crippen LogP contribution in [0.4, 0.5) is 0 Å². The van der Waals surface area contributed by atoms with Crippen molar-refractivity contribution in [3.63, 3.8) is 0 Å². The number of nitrogens with one attached hydrogen (secondary N) is 1. The van der Waals surface area contributed by atoms with Crippen LogP contribution in [0.5, 0.6) is 5.75 Å². The number of amides is 1. The highest BCUT2D eigenvalue weighted by Crippen LogP contribution is 2.28. The third kappa shape index (κ3) is 4.49. The van der Waals surface area contributed by atoms with Gasteiger partial charge in [0, 0.05) is 42.6 Å². The largest absolute Gasteiger partial charge is 0.488 e. The Morgan fingerprint density at radius 2 is 1.93 bits per heavy atom. The lowest BCUT2D eigenvalue weighted by molar-refractivity contribution is 0.0939. The zero-order valence-electron chi connectivity index (χ0n) is 22.3. The molecule has 0 aliphatic carbocycles. The van der Waals surface area contributed by atoms with Crippen molar-refractivity contribution in [1.82, 2.24) is 34.3 Å². The average molecular weight is 534 g/mol. The first kappa shape index (κ1) is 25.1. The monoisotopic (exact) mass is 533 g/mol. The third-order valence-corrected chi connectivity index (χ3v) is 6.79. The molecule has 6 rings (SSSR count). The second kappa shape index (κ2) is 10.1. The van der Waals surface area contributed by atoms with Gasteiger partial charge >= 0.3 is 0 Å². The maximum Gasteiger partial charge on any atom is 0.267 e. The number of rotatable bonds is 7. The molecule has 6 aromatic rings. The van der Waals surface area contributed by atoms with Crippen LogP contribution in [0, 0.1) is 6.92 Å². The number of aryl methyl sites for hydroxylation is 2. The van der Waals surface area contributed by atoms with E-state index in [0.717, 1.165) is 5.56 Å². The fourth-order valence-corrected chi connectivity index (χ4v) is 4.95. The van der Waals surface area contributed by atoms with Crippen molar-refractivity contribution in [2.75, 3.05) is 0 Å². The standard InChI is InChI=1S/C30H27N7O3/c1-19(33-29(38)26-20(2)34-36-14-8-13-31-28(26)36)24-15-22-9-7-12-25(40-18-21-16-32-35(3)17-21)27(22)30(39)37(24)23-10-5-4-6-11-23/h4-17,19H,18H2,1-3H3,(H,33,38)/t19-/m0/s1. The Morgan fingerprint density at radius 3 is 2.70 bits per heavy atom. The molecule has 2 aromatic carbocycles. The molecule has 4 heterocycles. The van der Waals surface area contributed by atoms with Crippen LogP contribution in [-0.2, 0) is 13.7 Å². The van der Waals surface area contributed by atoms with Gasteiger partial charge in [-0.1, -0.05) is 30.3 Å². The van der Waals surface area contributed by atoms with Crippen molar-refractivity contribution >= 4 is 22.3 Å². The van der Waals surface area contributed by atoms with Gasteiger partial charge in [-0.05, 0) is 49.6 Å². The van der Waals surface area contributed by atoms with E-state index in [4.69, 9.17) is 4.74 Å². The zero-order chi connectivity index (χ0) is 27.8. The first-order valence-corrected chi connectivity index (χ1v) is 12.9. The molecular formula is C30H27N7O3. The topological polar surface area (TPSA) is 108 Å². The number of hydrogen-bond donors (Lipinski definition) is 1. The number of nitrogens with zero attached hydrogens (tertiary/aromatic N) is 6. The number of hydrogen-bond acceptors (Lipinski definition) is 6. The maximum atomic E-state index is 14.2.